The van der Waals surface area contributed by atoms with Crippen LogP contribution in [0.3, 0.4) is 0 Å². The normalized spacial score (nSPS) is 10.3. The van der Waals surface area contributed by atoms with Crippen LogP contribution in [0.25, 0.3) is 0 Å². The van der Waals surface area contributed by atoms with Crippen LogP contribution < -0.4 is 5.32 Å². The van der Waals surface area contributed by atoms with Crippen molar-refractivity contribution in [3.05, 3.63) is 35.9 Å². The second kappa shape index (κ2) is 11.2. The van der Waals surface area contributed by atoms with Crippen LogP contribution in [-0.4, -0.2) is 44.7 Å². The highest BCUT2D eigenvalue weighted by atomic mass is 16.5. The van der Waals surface area contributed by atoms with Crippen molar-refractivity contribution in [2.75, 3.05) is 20.8 Å². The van der Waals surface area contributed by atoms with E-state index in [1.165, 1.54) is 14.2 Å². The van der Waals surface area contributed by atoms with Gasteiger partial charge in [0.2, 0.25) is 6.04 Å². The minimum Gasteiger partial charge on any atom is -0.467 e. The predicted octanol–water partition coefficient (Wildman–Crippen LogP) is 1.20. The van der Waals surface area contributed by atoms with Crippen molar-refractivity contribution in [2.24, 2.45) is 0 Å². The summed E-state index contributed by atoms with van der Waals surface area (Å²) in [6.07, 6.45) is 1.45. The summed E-state index contributed by atoms with van der Waals surface area (Å²) in [5.41, 5.74) is 0.937. The molecule has 1 N–H and O–H groups in total. The summed E-state index contributed by atoms with van der Waals surface area (Å²) in [5, 5.41) is 2.75. The molecular formula is C17H23NO6. The first-order chi connectivity index (χ1) is 11.6. The number of esters is 3. The van der Waals surface area contributed by atoms with E-state index >= 15 is 0 Å². The summed E-state index contributed by atoms with van der Waals surface area (Å²) in [6, 6.07) is 8.29. The van der Waals surface area contributed by atoms with Crippen molar-refractivity contribution in [2.45, 2.75) is 31.9 Å². The van der Waals surface area contributed by atoms with E-state index in [4.69, 9.17) is 4.74 Å². The van der Waals surface area contributed by atoms with Gasteiger partial charge in [-0.3, -0.25) is 10.1 Å². The molecule has 0 fully saturated rings. The van der Waals surface area contributed by atoms with E-state index < -0.39 is 18.0 Å². The van der Waals surface area contributed by atoms with Gasteiger partial charge in [-0.2, -0.15) is 0 Å². The zero-order chi connectivity index (χ0) is 17.8. The molecule has 132 valence electrons. The Morgan fingerprint density at radius 3 is 2.21 bits per heavy atom. The lowest BCUT2D eigenvalue weighted by molar-refractivity contribution is -0.155. The van der Waals surface area contributed by atoms with E-state index in [0.717, 1.165) is 5.56 Å². The first-order valence-electron chi connectivity index (χ1n) is 7.67. The maximum absolute atomic E-state index is 11.6. The van der Waals surface area contributed by atoms with Crippen LogP contribution in [0.2, 0.25) is 0 Å². The molecule has 0 aromatic heterocycles. The highest BCUT2D eigenvalue weighted by molar-refractivity contribution is 5.99. The first kappa shape index (κ1) is 19.6. The fraction of sp³-hybridized carbons (Fsp3) is 0.471. The van der Waals surface area contributed by atoms with Gasteiger partial charge in [-0.1, -0.05) is 30.3 Å². The molecule has 0 aliphatic rings. The summed E-state index contributed by atoms with van der Waals surface area (Å²) in [7, 11) is 2.39. The number of unbranched alkanes of at least 4 members (excludes halogenated alkanes) is 1. The molecule has 0 saturated heterocycles. The van der Waals surface area contributed by atoms with Gasteiger partial charge >= 0.3 is 17.9 Å². The largest absolute Gasteiger partial charge is 0.467 e. The fourth-order valence-electron chi connectivity index (χ4n) is 1.95. The molecule has 0 aliphatic heterocycles. The monoisotopic (exact) mass is 337 g/mol. The van der Waals surface area contributed by atoms with Gasteiger partial charge in [-0.15, -0.1) is 0 Å². The molecule has 0 aliphatic carbocycles. The second-order valence-electron chi connectivity index (χ2n) is 5.04. The highest BCUT2D eigenvalue weighted by Crippen LogP contribution is 2.04. The molecular weight excluding hydrogens is 314 g/mol. The van der Waals surface area contributed by atoms with Gasteiger partial charge in [0.25, 0.3) is 0 Å². The summed E-state index contributed by atoms with van der Waals surface area (Å²) in [4.78, 5) is 34.5. The predicted molar refractivity (Wildman–Crippen MR) is 85.9 cm³/mol. The lowest BCUT2D eigenvalue weighted by Crippen LogP contribution is -2.45. The van der Waals surface area contributed by atoms with Crippen LogP contribution in [0.1, 0.15) is 24.8 Å². The van der Waals surface area contributed by atoms with E-state index in [0.29, 0.717) is 19.4 Å². The van der Waals surface area contributed by atoms with Crippen molar-refractivity contribution in [1.29, 1.82) is 0 Å². The molecule has 1 rings (SSSR count). The van der Waals surface area contributed by atoms with Crippen molar-refractivity contribution in [3.8, 4) is 0 Å². The van der Waals surface area contributed by atoms with Gasteiger partial charge in [0.05, 0.1) is 14.2 Å². The van der Waals surface area contributed by atoms with Crippen LogP contribution >= 0.6 is 0 Å². The SMILES string of the molecule is COC(=O)C(NCCCCC(=O)OCc1ccccc1)C(=O)OC. The standard InChI is InChI=1S/C17H23NO6/c1-22-16(20)15(17(21)23-2)18-11-7-6-10-14(19)24-12-13-8-4-3-5-9-13/h3-5,8-9,15,18H,6-7,10-12H2,1-2H3. The minimum absolute atomic E-state index is 0.255. The molecule has 0 heterocycles. The average Bonchev–Trinajstić information content (AvgIpc) is 2.62. The molecule has 7 nitrogen and oxygen atoms in total. The highest BCUT2D eigenvalue weighted by Gasteiger charge is 2.27. The lowest BCUT2D eigenvalue weighted by Gasteiger charge is -2.13. The van der Waals surface area contributed by atoms with Crippen LogP contribution in [0.4, 0.5) is 0 Å². The molecule has 1 aromatic carbocycles. The van der Waals surface area contributed by atoms with Crippen molar-refractivity contribution < 1.29 is 28.6 Å². The number of hydrogen-bond donors (Lipinski definition) is 1. The molecule has 7 heteroatoms. The Kier molecular flexibility index (Phi) is 9.14. The van der Waals surface area contributed by atoms with Crippen molar-refractivity contribution in [3.63, 3.8) is 0 Å². The van der Waals surface area contributed by atoms with Crippen LogP contribution in [0.15, 0.2) is 30.3 Å². The Labute approximate surface area is 141 Å². The Hall–Kier alpha value is -2.41. The van der Waals surface area contributed by atoms with E-state index in [1.54, 1.807) is 0 Å². The molecule has 0 amide bonds. The summed E-state index contributed by atoms with van der Waals surface area (Å²) in [5.74, 6) is -1.69. The third-order valence-corrected chi connectivity index (χ3v) is 3.27. The zero-order valence-corrected chi connectivity index (χ0v) is 13.9. The van der Waals surface area contributed by atoms with Gasteiger partial charge < -0.3 is 14.2 Å². The molecule has 1 aromatic rings. The number of methoxy groups -OCH3 is 2. The smallest absolute Gasteiger partial charge is 0.334 e. The van der Waals surface area contributed by atoms with Crippen LogP contribution in [0.5, 0.6) is 0 Å². The van der Waals surface area contributed by atoms with Crippen molar-refractivity contribution in [1.82, 2.24) is 5.32 Å². The molecule has 0 bridgehead atoms. The fourth-order valence-corrected chi connectivity index (χ4v) is 1.95. The van der Waals surface area contributed by atoms with E-state index in [2.05, 4.69) is 14.8 Å². The summed E-state index contributed by atoms with van der Waals surface area (Å²) < 4.78 is 14.2. The third-order valence-electron chi connectivity index (χ3n) is 3.27. The molecule has 0 atom stereocenters. The van der Waals surface area contributed by atoms with Crippen LogP contribution in [0, 0.1) is 0 Å². The Bertz CT molecular complexity index is 515. The zero-order valence-electron chi connectivity index (χ0n) is 13.9. The topological polar surface area (TPSA) is 90.9 Å². The molecule has 24 heavy (non-hydrogen) atoms. The Morgan fingerprint density at radius 1 is 1.00 bits per heavy atom. The number of hydrogen-bond acceptors (Lipinski definition) is 7. The van der Waals surface area contributed by atoms with Crippen LogP contribution in [-0.2, 0) is 35.2 Å². The van der Waals surface area contributed by atoms with Crippen molar-refractivity contribution >= 4 is 17.9 Å². The Balaban J connectivity index is 2.19. The van der Waals surface area contributed by atoms with E-state index in [1.807, 2.05) is 30.3 Å². The molecule has 0 spiro atoms. The maximum Gasteiger partial charge on any atom is 0.334 e. The number of rotatable bonds is 10. The van der Waals surface area contributed by atoms with E-state index in [9.17, 15) is 14.4 Å². The van der Waals surface area contributed by atoms with Gasteiger partial charge in [-0.05, 0) is 24.9 Å². The molecule has 0 saturated carbocycles. The lowest BCUT2D eigenvalue weighted by atomic mass is 10.2. The van der Waals surface area contributed by atoms with Gasteiger partial charge in [0.1, 0.15) is 6.61 Å². The second-order valence-corrected chi connectivity index (χ2v) is 5.04. The van der Waals surface area contributed by atoms with Gasteiger partial charge in [0, 0.05) is 6.42 Å². The quantitative estimate of drug-likeness (QED) is 0.297. The average molecular weight is 337 g/mol. The summed E-state index contributed by atoms with van der Waals surface area (Å²) in [6.45, 7) is 0.630. The minimum atomic E-state index is -1.15. The molecule has 0 unspecified atom stereocenters. The summed E-state index contributed by atoms with van der Waals surface area (Å²) >= 11 is 0. The van der Waals surface area contributed by atoms with Gasteiger partial charge in [-0.25, -0.2) is 9.59 Å². The van der Waals surface area contributed by atoms with Gasteiger partial charge in [0.15, 0.2) is 0 Å². The maximum atomic E-state index is 11.6. The number of benzene rings is 1. The first-order valence-corrected chi connectivity index (χ1v) is 7.67. The van der Waals surface area contributed by atoms with E-state index in [-0.39, 0.29) is 19.0 Å². The number of nitrogens with one attached hydrogen (secondary N) is 1. The Morgan fingerprint density at radius 2 is 1.62 bits per heavy atom. The number of ether oxygens (including phenoxy) is 3. The molecule has 0 radical (unpaired) electrons. The third kappa shape index (κ3) is 7.23. The number of carbonyl (C=O) groups excluding carboxylic acids is 3. The number of carbonyl (C=O) groups is 3.